The largest absolute Gasteiger partial charge is 0.496 e. The number of amides is 2. The lowest BCUT2D eigenvalue weighted by molar-refractivity contribution is -0.131. The predicted octanol–water partition coefficient (Wildman–Crippen LogP) is 1.12. The minimum absolute atomic E-state index is 0.0354. The van der Waals surface area contributed by atoms with Gasteiger partial charge in [-0.1, -0.05) is 23.2 Å². The van der Waals surface area contributed by atoms with Crippen molar-refractivity contribution in [1.82, 2.24) is 9.62 Å². The van der Waals surface area contributed by atoms with Gasteiger partial charge in [-0.05, 0) is 48.4 Å². The molecule has 0 saturated carbocycles. The van der Waals surface area contributed by atoms with Gasteiger partial charge in [0.15, 0.2) is 0 Å². The smallest absolute Gasteiger partial charge is 0.296 e. The number of halogens is 2. The van der Waals surface area contributed by atoms with E-state index in [1.807, 2.05) is 4.72 Å². The normalized spacial score (nSPS) is 17.2. The van der Waals surface area contributed by atoms with Gasteiger partial charge in [0.05, 0.1) is 28.6 Å². The van der Waals surface area contributed by atoms with Gasteiger partial charge in [-0.3, -0.25) is 14.3 Å². The first-order chi connectivity index (χ1) is 15.8. The van der Waals surface area contributed by atoms with Crippen LogP contribution < -0.4 is 19.9 Å². The van der Waals surface area contributed by atoms with Crippen LogP contribution in [-0.2, 0) is 36.2 Å². The minimum atomic E-state index is -4.58. The fourth-order valence-corrected chi connectivity index (χ4v) is 5.68. The Morgan fingerprint density at radius 1 is 1.15 bits per heavy atom. The molecule has 3 rings (SSSR count). The standard InChI is InChI=1S/C19H20Cl2N4O7S2/c1-32-17-5-2-13(20)7-11(17)6-12-9-23-18(26)10-25(19(12)27)33(28,29)14-3-4-15(21)16(8-14)24-34(22,30)31/h2-5,7-8,12,24H,6,9-10H2,1H3,(H,23,26)(H2,22,30,31). The SMILES string of the molecule is COc1ccc(Cl)cc1CC1CNC(=O)CN(S(=O)(=O)c2ccc(Cl)c(NS(N)(=O)=O)c2)C1=O. The number of methoxy groups -OCH3 is 1. The van der Waals surface area contributed by atoms with Crippen molar-refractivity contribution in [3.05, 3.63) is 52.0 Å². The molecule has 1 saturated heterocycles. The van der Waals surface area contributed by atoms with Gasteiger partial charge in [-0.2, -0.15) is 8.42 Å². The first-order valence-electron chi connectivity index (χ1n) is 9.57. The summed E-state index contributed by atoms with van der Waals surface area (Å²) in [6.45, 7) is -0.872. The summed E-state index contributed by atoms with van der Waals surface area (Å²) in [5.74, 6) is -2.04. The first-order valence-corrected chi connectivity index (χ1v) is 13.3. The van der Waals surface area contributed by atoms with E-state index in [0.717, 1.165) is 18.2 Å². The van der Waals surface area contributed by atoms with Crippen LogP contribution >= 0.6 is 23.2 Å². The van der Waals surface area contributed by atoms with Gasteiger partial charge in [-0.15, -0.1) is 0 Å². The van der Waals surface area contributed by atoms with Crippen LogP contribution in [0.25, 0.3) is 0 Å². The van der Waals surface area contributed by atoms with Crippen molar-refractivity contribution in [2.75, 3.05) is 24.9 Å². The zero-order valence-electron chi connectivity index (χ0n) is 17.6. The minimum Gasteiger partial charge on any atom is -0.496 e. The Kier molecular flexibility index (Phi) is 7.62. The van der Waals surface area contributed by atoms with Crippen molar-refractivity contribution in [1.29, 1.82) is 0 Å². The monoisotopic (exact) mass is 550 g/mol. The molecule has 0 aliphatic carbocycles. The highest BCUT2D eigenvalue weighted by atomic mass is 35.5. The Hall–Kier alpha value is -2.58. The van der Waals surface area contributed by atoms with E-state index in [-0.39, 0.29) is 23.7 Å². The maximum absolute atomic E-state index is 13.3. The van der Waals surface area contributed by atoms with Crippen molar-refractivity contribution in [3.8, 4) is 5.75 Å². The zero-order valence-corrected chi connectivity index (χ0v) is 20.8. The van der Waals surface area contributed by atoms with Crippen molar-refractivity contribution >= 4 is 60.9 Å². The van der Waals surface area contributed by atoms with E-state index in [4.69, 9.17) is 33.1 Å². The Balaban J connectivity index is 1.99. The number of benzene rings is 2. The number of nitrogens with zero attached hydrogens (tertiary/aromatic N) is 1. The summed E-state index contributed by atoms with van der Waals surface area (Å²) in [5.41, 5.74) is 0.241. The molecule has 1 atom stereocenters. The third-order valence-corrected chi connectivity index (χ3v) is 7.72. The van der Waals surface area contributed by atoms with Gasteiger partial charge in [0, 0.05) is 11.6 Å². The van der Waals surface area contributed by atoms with Crippen LogP contribution in [0.15, 0.2) is 41.3 Å². The van der Waals surface area contributed by atoms with Gasteiger partial charge < -0.3 is 10.1 Å². The molecule has 2 aromatic rings. The number of nitrogens with one attached hydrogen (secondary N) is 2. The van der Waals surface area contributed by atoms with Gasteiger partial charge in [0.1, 0.15) is 12.3 Å². The topological polar surface area (TPSA) is 165 Å². The highest BCUT2D eigenvalue weighted by Gasteiger charge is 2.38. The summed E-state index contributed by atoms with van der Waals surface area (Å²) in [7, 11) is -7.40. The van der Waals surface area contributed by atoms with Crippen LogP contribution in [0.2, 0.25) is 10.0 Å². The molecular formula is C19H20Cl2N4O7S2. The number of hydrogen-bond donors (Lipinski definition) is 3. The van der Waals surface area contributed by atoms with Gasteiger partial charge in [0.2, 0.25) is 11.8 Å². The van der Waals surface area contributed by atoms with Crippen LogP contribution in [0.5, 0.6) is 5.75 Å². The van der Waals surface area contributed by atoms with Gasteiger partial charge in [-0.25, -0.2) is 17.9 Å². The van der Waals surface area contributed by atoms with Crippen molar-refractivity contribution in [3.63, 3.8) is 0 Å². The molecule has 1 unspecified atom stereocenters. The number of carbonyl (C=O) groups excluding carboxylic acids is 2. The molecule has 15 heteroatoms. The summed E-state index contributed by atoms with van der Waals surface area (Å²) >= 11 is 12.0. The molecule has 1 aliphatic rings. The third-order valence-electron chi connectivity index (χ3n) is 4.91. The van der Waals surface area contributed by atoms with Crippen LogP contribution in [0, 0.1) is 5.92 Å². The molecule has 184 valence electrons. The summed E-state index contributed by atoms with van der Waals surface area (Å²) < 4.78 is 57.0. The molecule has 2 aromatic carbocycles. The second kappa shape index (κ2) is 9.96. The molecular weight excluding hydrogens is 531 g/mol. The zero-order chi connectivity index (χ0) is 25.3. The van der Waals surface area contributed by atoms with E-state index in [1.165, 1.54) is 7.11 Å². The Morgan fingerprint density at radius 2 is 1.85 bits per heavy atom. The van der Waals surface area contributed by atoms with E-state index in [1.54, 1.807) is 18.2 Å². The van der Waals surface area contributed by atoms with E-state index in [9.17, 15) is 26.4 Å². The van der Waals surface area contributed by atoms with Crippen molar-refractivity contribution < 1.29 is 31.2 Å². The third kappa shape index (κ3) is 5.91. The average molecular weight is 551 g/mol. The second-order valence-electron chi connectivity index (χ2n) is 7.30. The maximum atomic E-state index is 13.3. The summed E-state index contributed by atoms with van der Waals surface area (Å²) in [6, 6.07) is 7.91. The Labute approximate surface area is 206 Å². The first kappa shape index (κ1) is 26.0. The highest BCUT2D eigenvalue weighted by Crippen LogP contribution is 2.30. The molecule has 11 nitrogen and oxygen atoms in total. The predicted molar refractivity (Wildman–Crippen MR) is 125 cm³/mol. The molecule has 1 fully saturated rings. The number of carbonyl (C=O) groups is 2. The summed E-state index contributed by atoms with van der Waals surface area (Å²) in [5, 5.41) is 7.74. The molecule has 0 radical (unpaired) electrons. The average Bonchev–Trinajstić information content (AvgIpc) is 2.88. The molecule has 1 heterocycles. The van der Waals surface area contributed by atoms with Crippen LogP contribution in [0.3, 0.4) is 0 Å². The number of sulfonamides is 1. The molecule has 2 amide bonds. The molecule has 4 N–H and O–H groups in total. The molecule has 34 heavy (non-hydrogen) atoms. The Bertz CT molecular complexity index is 1350. The number of nitrogens with two attached hydrogens (primary N) is 1. The van der Waals surface area contributed by atoms with E-state index in [0.29, 0.717) is 20.6 Å². The number of ether oxygens (including phenoxy) is 1. The van der Waals surface area contributed by atoms with E-state index in [2.05, 4.69) is 5.32 Å². The molecule has 0 aromatic heterocycles. The number of rotatable bonds is 7. The lowest BCUT2D eigenvalue weighted by Crippen LogP contribution is -2.42. The number of hydrogen-bond acceptors (Lipinski definition) is 7. The molecule has 0 spiro atoms. The van der Waals surface area contributed by atoms with Crippen molar-refractivity contribution in [2.24, 2.45) is 11.1 Å². The summed E-state index contributed by atoms with van der Waals surface area (Å²) in [6.07, 6.45) is 0.0354. The molecule has 0 bridgehead atoms. The summed E-state index contributed by atoms with van der Waals surface area (Å²) in [4.78, 5) is 25.1. The van der Waals surface area contributed by atoms with Gasteiger partial charge in [0.25, 0.3) is 20.2 Å². The lowest BCUT2D eigenvalue weighted by Gasteiger charge is -2.23. The maximum Gasteiger partial charge on any atom is 0.296 e. The number of anilines is 1. The van der Waals surface area contributed by atoms with Crippen LogP contribution in [0.4, 0.5) is 5.69 Å². The Morgan fingerprint density at radius 3 is 2.50 bits per heavy atom. The van der Waals surface area contributed by atoms with E-state index < -0.39 is 49.4 Å². The van der Waals surface area contributed by atoms with Crippen molar-refractivity contribution in [2.45, 2.75) is 11.3 Å². The van der Waals surface area contributed by atoms with E-state index >= 15 is 0 Å². The highest BCUT2D eigenvalue weighted by molar-refractivity contribution is 7.90. The lowest BCUT2D eigenvalue weighted by atomic mass is 9.98. The van der Waals surface area contributed by atoms with Crippen LogP contribution in [-0.4, -0.2) is 53.2 Å². The fourth-order valence-electron chi connectivity index (χ4n) is 3.35. The second-order valence-corrected chi connectivity index (χ2v) is 11.3. The van der Waals surface area contributed by atoms with Gasteiger partial charge >= 0.3 is 0 Å². The van der Waals surface area contributed by atoms with Crippen LogP contribution in [0.1, 0.15) is 5.56 Å². The fraction of sp³-hybridized carbons (Fsp3) is 0.263. The molecule has 1 aliphatic heterocycles. The quantitative estimate of drug-likeness (QED) is 0.464.